The molecule has 0 atom stereocenters. The molecule has 158 valence electrons. The van der Waals surface area contributed by atoms with Crippen LogP contribution in [0.1, 0.15) is 11.1 Å². The average molecular weight is 519 g/mol. The summed E-state index contributed by atoms with van der Waals surface area (Å²) in [6, 6.07) is 9.46. The van der Waals surface area contributed by atoms with Crippen LogP contribution in [0.15, 0.2) is 53.8 Å². The number of anilines is 1. The third-order valence-corrected chi connectivity index (χ3v) is 4.75. The summed E-state index contributed by atoms with van der Waals surface area (Å²) in [4.78, 5) is 12.6. The van der Waals surface area contributed by atoms with Crippen molar-refractivity contribution in [2.45, 2.75) is 12.6 Å². The fraction of sp³-hybridized carbons (Fsp3) is 0.400. The summed E-state index contributed by atoms with van der Waals surface area (Å²) in [5.74, 6) is 0.813. The normalized spacial score (nSPS) is 15.1. The van der Waals surface area contributed by atoms with E-state index in [9.17, 15) is 13.2 Å². The number of aromatic nitrogens is 1. The van der Waals surface area contributed by atoms with Gasteiger partial charge in [-0.3, -0.25) is 9.98 Å². The molecule has 0 radical (unpaired) electrons. The van der Waals surface area contributed by atoms with Crippen molar-refractivity contribution in [2.75, 3.05) is 44.7 Å². The highest BCUT2D eigenvalue weighted by atomic mass is 127. The van der Waals surface area contributed by atoms with Gasteiger partial charge >= 0.3 is 6.18 Å². The molecule has 0 aliphatic carbocycles. The van der Waals surface area contributed by atoms with Gasteiger partial charge in [0.15, 0.2) is 5.96 Å². The molecule has 5 nitrogen and oxygen atoms in total. The van der Waals surface area contributed by atoms with E-state index in [0.29, 0.717) is 31.9 Å². The molecule has 9 heteroatoms. The summed E-state index contributed by atoms with van der Waals surface area (Å²) >= 11 is 0. The van der Waals surface area contributed by atoms with Gasteiger partial charge in [0.05, 0.1) is 5.56 Å². The van der Waals surface area contributed by atoms with E-state index in [4.69, 9.17) is 0 Å². The molecule has 0 unspecified atom stereocenters. The lowest BCUT2D eigenvalue weighted by atomic mass is 10.1. The van der Waals surface area contributed by atoms with Gasteiger partial charge in [0.25, 0.3) is 0 Å². The van der Waals surface area contributed by atoms with Crippen molar-refractivity contribution in [2.24, 2.45) is 4.99 Å². The first-order chi connectivity index (χ1) is 13.5. The molecule has 0 bridgehead atoms. The highest BCUT2D eigenvalue weighted by Gasteiger charge is 2.31. The Balaban J connectivity index is 0.00000300. The first kappa shape index (κ1) is 23.2. The Bertz CT molecular complexity index is 790. The number of halogens is 4. The number of alkyl halides is 3. The minimum atomic E-state index is -4.32. The number of hydrogen-bond donors (Lipinski definition) is 1. The predicted molar refractivity (Wildman–Crippen MR) is 120 cm³/mol. The van der Waals surface area contributed by atoms with E-state index in [1.165, 1.54) is 12.1 Å². The van der Waals surface area contributed by atoms with Crippen LogP contribution in [0.3, 0.4) is 0 Å². The first-order valence-corrected chi connectivity index (χ1v) is 9.24. The van der Waals surface area contributed by atoms with E-state index >= 15 is 0 Å². The maximum absolute atomic E-state index is 12.9. The van der Waals surface area contributed by atoms with Crippen LogP contribution in [-0.2, 0) is 12.6 Å². The quantitative estimate of drug-likeness (QED) is 0.381. The van der Waals surface area contributed by atoms with Crippen molar-refractivity contribution < 1.29 is 13.2 Å². The zero-order valence-electron chi connectivity index (χ0n) is 16.2. The number of piperazine rings is 1. The molecule has 3 rings (SSSR count). The van der Waals surface area contributed by atoms with Crippen LogP contribution >= 0.6 is 24.0 Å². The monoisotopic (exact) mass is 519 g/mol. The van der Waals surface area contributed by atoms with E-state index in [1.54, 1.807) is 19.3 Å². The van der Waals surface area contributed by atoms with Crippen molar-refractivity contribution in [1.29, 1.82) is 0 Å². The lowest BCUT2D eigenvalue weighted by Gasteiger charge is -2.37. The van der Waals surface area contributed by atoms with Crippen LogP contribution in [-0.4, -0.2) is 55.6 Å². The molecule has 29 heavy (non-hydrogen) atoms. The molecule has 2 aromatic rings. The highest BCUT2D eigenvalue weighted by molar-refractivity contribution is 14.0. The van der Waals surface area contributed by atoms with Gasteiger partial charge in [0, 0.05) is 57.9 Å². The van der Waals surface area contributed by atoms with Gasteiger partial charge < -0.3 is 15.1 Å². The van der Waals surface area contributed by atoms with Crippen molar-refractivity contribution in [1.82, 2.24) is 15.2 Å². The number of nitrogens with one attached hydrogen (secondary N) is 1. The summed E-state index contributed by atoms with van der Waals surface area (Å²) in [7, 11) is 1.74. The van der Waals surface area contributed by atoms with Gasteiger partial charge in [0.2, 0.25) is 0 Å². The van der Waals surface area contributed by atoms with Gasteiger partial charge in [-0.05, 0) is 36.2 Å². The first-order valence-electron chi connectivity index (χ1n) is 9.24. The van der Waals surface area contributed by atoms with Crippen LogP contribution in [0.25, 0.3) is 0 Å². The van der Waals surface area contributed by atoms with Crippen molar-refractivity contribution >= 4 is 35.6 Å². The van der Waals surface area contributed by atoms with Gasteiger partial charge in [-0.25, -0.2) is 0 Å². The van der Waals surface area contributed by atoms with E-state index in [0.717, 1.165) is 30.6 Å². The van der Waals surface area contributed by atoms with Crippen LogP contribution < -0.4 is 10.2 Å². The third kappa shape index (κ3) is 6.48. The Morgan fingerprint density at radius 1 is 1.14 bits per heavy atom. The summed E-state index contributed by atoms with van der Waals surface area (Å²) in [6.45, 7) is 3.42. The minimum absolute atomic E-state index is 0. The molecule has 1 aliphatic heterocycles. The maximum atomic E-state index is 12.9. The molecule has 0 amide bonds. The molecule has 1 N–H and O–H groups in total. The molecule has 1 saturated heterocycles. The zero-order valence-corrected chi connectivity index (χ0v) is 18.5. The molecule has 1 aliphatic rings. The largest absolute Gasteiger partial charge is 0.416 e. The van der Waals surface area contributed by atoms with E-state index < -0.39 is 11.7 Å². The van der Waals surface area contributed by atoms with Gasteiger partial charge in [-0.1, -0.05) is 12.1 Å². The number of nitrogens with zero attached hydrogens (tertiary/aromatic N) is 4. The molecule has 0 saturated carbocycles. The summed E-state index contributed by atoms with van der Waals surface area (Å²) < 4.78 is 38.8. The maximum Gasteiger partial charge on any atom is 0.416 e. The molecular formula is C20H25F3IN5. The van der Waals surface area contributed by atoms with Crippen LogP contribution in [0.2, 0.25) is 0 Å². The Labute approximate surface area is 186 Å². The standard InChI is InChI=1S/C20H24F3N5.HI/c1-24-19(26-9-7-16-4-3-8-25-15-16)28-12-10-27(11-13-28)18-6-2-5-17(14-18)20(21,22)23;/h2-6,8,14-15H,7,9-13H2,1H3,(H,24,26);1H. The number of benzene rings is 1. The lowest BCUT2D eigenvalue weighted by molar-refractivity contribution is -0.137. The Morgan fingerprint density at radius 3 is 2.52 bits per heavy atom. The minimum Gasteiger partial charge on any atom is -0.368 e. The van der Waals surface area contributed by atoms with E-state index in [2.05, 4.69) is 20.2 Å². The van der Waals surface area contributed by atoms with Gasteiger partial charge in [-0.2, -0.15) is 13.2 Å². The Morgan fingerprint density at radius 2 is 1.90 bits per heavy atom. The van der Waals surface area contributed by atoms with E-state index in [1.807, 2.05) is 23.2 Å². The van der Waals surface area contributed by atoms with Crippen molar-refractivity contribution in [3.05, 3.63) is 59.9 Å². The van der Waals surface area contributed by atoms with Crippen LogP contribution in [0, 0.1) is 0 Å². The zero-order chi connectivity index (χ0) is 20.0. The van der Waals surface area contributed by atoms with Crippen molar-refractivity contribution in [3.8, 4) is 0 Å². The smallest absolute Gasteiger partial charge is 0.368 e. The Kier molecular flexibility index (Phi) is 8.54. The summed E-state index contributed by atoms with van der Waals surface area (Å²) in [6.07, 6.45) is 0.118. The van der Waals surface area contributed by atoms with Crippen LogP contribution in [0.4, 0.5) is 18.9 Å². The fourth-order valence-corrected chi connectivity index (χ4v) is 3.25. The number of hydrogen-bond acceptors (Lipinski definition) is 3. The molecule has 1 aromatic carbocycles. The molecule has 1 fully saturated rings. The lowest BCUT2D eigenvalue weighted by Crippen LogP contribution is -2.52. The number of guanidine groups is 1. The highest BCUT2D eigenvalue weighted by Crippen LogP contribution is 2.31. The summed E-state index contributed by atoms with van der Waals surface area (Å²) in [5, 5.41) is 3.35. The second-order valence-electron chi connectivity index (χ2n) is 6.61. The second kappa shape index (κ2) is 10.7. The number of rotatable bonds is 4. The second-order valence-corrected chi connectivity index (χ2v) is 6.61. The average Bonchev–Trinajstić information content (AvgIpc) is 2.72. The summed E-state index contributed by atoms with van der Waals surface area (Å²) in [5.41, 5.74) is 1.15. The molecule has 2 heterocycles. The fourth-order valence-electron chi connectivity index (χ4n) is 3.25. The van der Waals surface area contributed by atoms with Crippen LogP contribution in [0.5, 0.6) is 0 Å². The molecule has 1 aromatic heterocycles. The van der Waals surface area contributed by atoms with E-state index in [-0.39, 0.29) is 24.0 Å². The number of pyridine rings is 1. The SMILES string of the molecule is CN=C(NCCc1cccnc1)N1CCN(c2cccc(C(F)(F)F)c2)CC1.I. The molecular weight excluding hydrogens is 494 g/mol. The predicted octanol–water partition coefficient (Wildman–Crippen LogP) is 3.66. The topological polar surface area (TPSA) is 43.8 Å². The molecule has 0 spiro atoms. The third-order valence-electron chi connectivity index (χ3n) is 4.75. The van der Waals surface area contributed by atoms with Gasteiger partial charge in [0.1, 0.15) is 0 Å². The Hall–Kier alpha value is -2.04. The van der Waals surface area contributed by atoms with Crippen molar-refractivity contribution in [3.63, 3.8) is 0 Å². The van der Waals surface area contributed by atoms with Gasteiger partial charge in [-0.15, -0.1) is 24.0 Å². The number of aliphatic imine (C=N–C) groups is 1.